The first-order valence-corrected chi connectivity index (χ1v) is 10.4. The van der Waals surface area contributed by atoms with Gasteiger partial charge >= 0.3 is 25.8 Å². The minimum absolute atomic E-state index is 0. The van der Waals surface area contributed by atoms with Gasteiger partial charge in [-0.05, 0) is 0 Å². The van der Waals surface area contributed by atoms with Crippen LogP contribution in [0.25, 0.3) is 21.5 Å². The van der Waals surface area contributed by atoms with Crippen LogP contribution in [0.4, 0.5) is 0 Å². The Labute approximate surface area is 191 Å². The van der Waals surface area contributed by atoms with Gasteiger partial charge in [0.25, 0.3) is 0 Å². The first-order chi connectivity index (χ1) is 11.1. The quantitative estimate of drug-likeness (QED) is 0.212. The first-order valence-electron chi connectivity index (χ1n) is 8.12. The molecule has 0 fully saturated rings. The molecule has 0 nitrogen and oxygen atoms in total. The van der Waals surface area contributed by atoms with Crippen molar-refractivity contribution in [3.8, 4) is 0 Å². The van der Waals surface area contributed by atoms with E-state index in [4.69, 9.17) is 0 Å². The molecule has 4 aromatic carbocycles. The summed E-state index contributed by atoms with van der Waals surface area (Å²) in [4.78, 5) is 0. The zero-order valence-corrected chi connectivity index (χ0v) is 22.0. The molecule has 0 unspecified atom stereocenters. The Hall–Kier alpha value is -0.673. The Morgan fingerprint density at radius 2 is 0.962 bits per heavy atom. The van der Waals surface area contributed by atoms with Crippen LogP contribution in [0.3, 0.4) is 0 Å². The molecule has 4 aromatic rings. The van der Waals surface area contributed by atoms with E-state index < -0.39 is 0 Å². The summed E-state index contributed by atoms with van der Waals surface area (Å²) >= 11 is 0. The number of benzene rings is 2. The van der Waals surface area contributed by atoms with Crippen molar-refractivity contribution in [2.75, 3.05) is 0 Å². The van der Waals surface area contributed by atoms with E-state index in [-0.39, 0.29) is 50.7 Å². The third kappa shape index (κ3) is 8.35. The SMILES string of the molecule is C[SiH]C.Cc1cc2ccccc2[cH-]1.Cc1cc2ccccc2[cH-]1.[Cl-].[Cl-].[Hf+4]. The average Bonchev–Trinajstić information content (AvgIpc) is 3.08. The summed E-state index contributed by atoms with van der Waals surface area (Å²) in [6.07, 6.45) is 0. The maximum Gasteiger partial charge on any atom is 4.00 e. The molecule has 0 saturated heterocycles. The molecule has 4 rings (SSSR count). The van der Waals surface area contributed by atoms with Crippen LogP contribution in [0.1, 0.15) is 11.1 Å². The van der Waals surface area contributed by atoms with Crippen molar-refractivity contribution in [1.82, 2.24) is 0 Å². The van der Waals surface area contributed by atoms with Crippen molar-refractivity contribution < 1.29 is 50.7 Å². The summed E-state index contributed by atoms with van der Waals surface area (Å²) in [6.45, 7) is 8.67. The second-order valence-corrected chi connectivity index (χ2v) is 7.06. The average molecular weight is 567 g/mol. The summed E-state index contributed by atoms with van der Waals surface area (Å²) in [7, 11) is 0.750. The van der Waals surface area contributed by atoms with Crippen molar-refractivity contribution in [2.24, 2.45) is 0 Å². The van der Waals surface area contributed by atoms with Crippen LogP contribution < -0.4 is 24.8 Å². The minimum Gasteiger partial charge on any atom is -1.00 e. The topological polar surface area (TPSA) is 0 Å². The van der Waals surface area contributed by atoms with Gasteiger partial charge in [-0.3, -0.25) is 0 Å². The molecule has 0 aliphatic carbocycles. The monoisotopic (exact) mass is 567 g/mol. The van der Waals surface area contributed by atoms with E-state index in [0.29, 0.717) is 0 Å². The van der Waals surface area contributed by atoms with Gasteiger partial charge in [-0.15, -0.1) is 81.2 Å². The molecule has 0 aliphatic rings. The Kier molecular flexibility index (Phi) is 15.2. The fourth-order valence-electron chi connectivity index (χ4n) is 2.61. The van der Waals surface area contributed by atoms with Crippen molar-refractivity contribution in [1.29, 1.82) is 0 Å². The van der Waals surface area contributed by atoms with Crippen LogP contribution in [-0.2, 0) is 25.8 Å². The molecule has 0 aromatic heterocycles. The maximum atomic E-state index is 2.21. The molecule has 135 valence electrons. The normalized spacial score (nSPS) is 8.77. The van der Waals surface area contributed by atoms with Crippen LogP contribution in [0.2, 0.25) is 13.1 Å². The molecule has 0 heterocycles. The first kappa shape index (κ1) is 27.5. The molecular weight excluding hydrogens is 542 g/mol. The Bertz CT molecular complexity index is 726. The number of fused-ring (bicyclic) bond motifs is 2. The van der Waals surface area contributed by atoms with Crippen molar-refractivity contribution in [3.63, 3.8) is 0 Å². The standard InChI is InChI=1S/2C10H9.C2H7Si.2ClH.Hf/c2*1-8-6-9-4-2-3-5-10(9)7-8;1-3-2;;;/h2*2-7H,1H3;3H,1-2H3;2*1H;/q2*-1;;;;+4/p-2. The van der Waals surface area contributed by atoms with E-state index in [0.717, 1.165) is 9.52 Å². The summed E-state index contributed by atoms with van der Waals surface area (Å²) in [5, 5.41) is 5.39. The van der Waals surface area contributed by atoms with Crippen molar-refractivity contribution in [2.45, 2.75) is 26.9 Å². The Morgan fingerprint density at radius 3 is 1.27 bits per heavy atom. The zero-order chi connectivity index (χ0) is 16.7. The van der Waals surface area contributed by atoms with Gasteiger partial charge in [-0.25, -0.2) is 0 Å². The maximum absolute atomic E-state index is 2.21. The molecule has 0 amide bonds. The third-order valence-electron chi connectivity index (χ3n) is 3.52. The van der Waals surface area contributed by atoms with E-state index in [9.17, 15) is 0 Å². The van der Waals surface area contributed by atoms with Crippen LogP contribution in [-0.4, -0.2) is 9.52 Å². The Morgan fingerprint density at radius 1 is 0.654 bits per heavy atom. The summed E-state index contributed by atoms with van der Waals surface area (Å²) in [6, 6.07) is 25.7. The van der Waals surface area contributed by atoms with Gasteiger partial charge in [0, 0.05) is 9.52 Å². The van der Waals surface area contributed by atoms with Gasteiger partial charge in [0.1, 0.15) is 0 Å². The van der Waals surface area contributed by atoms with Gasteiger partial charge in [0.05, 0.1) is 0 Å². The van der Waals surface area contributed by atoms with E-state index in [1.807, 2.05) is 0 Å². The van der Waals surface area contributed by atoms with Crippen LogP contribution in [0, 0.1) is 13.8 Å². The molecule has 0 atom stereocenters. The van der Waals surface area contributed by atoms with E-state index in [1.54, 1.807) is 0 Å². The second kappa shape index (κ2) is 14.4. The number of hydrogen-bond donors (Lipinski definition) is 0. The van der Waals surface area contributed by atoms with Gasteiger partial charge in [-0.1, -0.05) is 39.1 Å². The van der Waals surface area contributed by atoms with E-state index in [2.05, 4.69) is 99.7 Å². The number of rotatable bonds is 0. The molecule has 0 N–H and O–H groups in total. The minimum atomic E-state index is 0. The van der Waals surface area contributed by atoms with Crippen LogP contribution in [0.5, 0.6) is 0 Å². The second-order valence-electron chi connectivity index (χ2n) is 5.90. The Balaban J connectivity index is 0. The summed E-state index contributed by atoms with van der Waals surface area (Å²) in [5.41, 5.74) is 2.70. The van der Waals surface area contributed by atoms with Gasteiger partial charge in [-0.2, -0.15) is 12.1 Å². The smallest absolute Gasteiger partial charge is 1.00 e. The number of hydrogen-bond acceptors (Lipinski definition) is 0. The molecule has 26 heavy (non-hydrogen) atoms. The van der Waals surface area contributed by atoms with Gasteiger partial charge in [0.15, 0.2) is 0 Å². The molecular formula is C22H25Cl2HfSi. The fraction of sp³-hybridized carbons (Fsp3) is 0.182. The number of halogens is 2. The summed E-state index contributed by atoms with van der Waals surface area (Å²) in [5.74, 6) is 0. The largest absolute Gasteiger partial charge is 4.00 e. The molecule has 0 saturated carbocycles. The zero-order valence-electron chi connectivity index (χ0n) is 15.8. The van der Waals surface area contributed by atoms with Crippen molar-refractivity contribution >= 4 is 31.1 Å². The molecule has 0 spiro atoms. The molecule has 1 radical (unpaired) electrons. The predicted molar refractivity (Wildman–Crippen MR) is 107 cm³/mol. The van der Waals surface area contributed by atoms with Crippen LogP contribution >= 0.6 is 0 Å². The molecule has 0 aliphatic heterocycles. The van der Waals surface area contributed by atoms with E-state index >= 15 is 0 Å². The molecule has 0 bridgehead atoms. The number of aryl methyl sites for hydroxylation is 2. The molecule has 4 heteroatoms. The van der Waals surface area contributed by atoms with E-state index in [1.165, 1.54) is 32.7 Å². The fourth-order valence-corrected chi connectivity index (χ4v) is 2.61. The van der Waals surface area contributed by atoms with Crippen LogP contribution in [0.15, 0.2) is 72.8 Å². The third-order valence-corrected chi connectivity index (χ3v) is 3.52. The van der Waals surface area contributed by atoms with Gasteiger partial charge < -0.3 is 24.8 Å². The van der Waals surface area contributed by atoms with Crippen molar-refractivity contribution in [3.05, 3.63) is 83.9 Å². The predicted octanol–water partition coefficient (Wildman–Crippen LogP) is 0.259. The van der Waals surface area contributed by atoms with Gasteiger partial charge in [0.2, 0.25) is 0 Å². The summed E-state index contributed by atoms with van der Waals surface area (Å²) < 4.78 is 0.